The zero-order valence-corrected chi connectivity index (χ0v) is 20.4. The molecular formula is C25H30O8S. The van der Waals surface area contributed by atoms with Crippen LogP contribution in [0.4, 0.5) is 0 Å². The molecule has 0 bridgehead atoms. The molecule has 0 saturated heterocycles. The molecule has 34 heavy (non-hydrogen) atoms. The molecule has 184 valence electrons. The number of carbonyl (C=O) groups is 1. The van der Waals surface area contributed by atoms with E-state index in [1.54, 1.807) is 18.6 Å². The maximum Gasteiger partial charge on any atom is 0.446 e. The van der Waals surface area contributed by atoms with Crippen LogP contribution in [0.1, 0.15) is 63.3 Å². The van der Waals surface area contributed by atoms with E-state index in [4.69, 9.17) is 18.1 Å². The third-order valence-electron chi connectivity index (χ3n) is 5.52. The summed E-state index contributed by atoms with van der Waals surface area (Å²) in [7, 11) is -4.75. The van der Waals surface area contributed by atoms with Crippen molar-refractivity contribution < 1.29 is 35.5 Å². The van der Waals surface area contributed by atoms with Crippen molar-refractivity contribution in [2.45, 2.75) is 59.3 Å². The van der Waals surface area contributed by atoms with Gasteiger partial charge in [0, 0.05) is 6.42 Å². The van der Waals surface area contributed by atoms with Crippen LogP contribution in [0.5, 0.6) is 0 Å². The molecule has 1 N–H and O–H groups in total. The lowest BCUT2D eigenvalue weighted by Gasteiger charge is -2.09. The van der Waals surface area contributed by atoms with Gasteiger partial charge in [0.05, 0.1) is 24.4 Å². The van der Waals surface area contributed by atoms with E-state index in [0.717, 1.165) is 49.8 Å². The monoisotopic (exact) mass is 490 g/mol. The number of aryl methyl sites for hydroxylation is 1. The number of hydrogen-bond donors (Lipinski definition) is 1. The molecule has 3 rings (SSSR count). The summed E-state index contributed by atoms with van der Waals surface area (Å²) in [5.41, 5.74) is 3.56. The van der Waals surface area contributed by atoms with Crippen LogP contribution >= 0.6 is 0 Å². The summed E-state index contributed by atoms with van der Waals surface area (Å²) in [4.78, 5) is 11.7. The fourth-order valence-corrected chi connectivity index (χ4v) is 4.09. The van der Waals surface area contributed by atoms with Crippen molar-refractivity contribution in [2.24, 2.45) is 5.92 Å². The molecule has 1 unspecified atom stereocenters. The van der Waals surface area contributed by atoms with Crippen molar-refractivity contribution in [1.82, 2.24) is 0 Å². The number of cyclic esters (lactones) is 1. The molecular weight excluding hydrogens is 460 g/mol. The first kappa shape index (κ1) is 25.6. The van der Waals surface area contributed by atoms with E-state index in [2.05, 4.69) is 23.2 Å². The lowest BCUT2D eigenvalue weighted by molar-refractivity contribution is -0.133. The van der Waals surface area contributed by atoms with Crippen LogP contribution in [0.2, 0.25) is 0 Å². The molecule has 1 aliphatic rings. The normalized spacial score (nSPS) is 16.9. The maximum absolute atomic E-state index is 11.7. The summed E-state index contributed by atoms with van der Waals surface area (Å²) < 4.78 is 51.3. The van der Waals surface area contributed by atoms with Gasteiger partial charge in [-0.25, -0.2) is 4.79 Å². The van der Waals surface area contributed by atoms with Crippen LogP contribution in [0.15, 0.2) is 74.6 Å². The molecule has 0 aliphatic carbocycles. The minimum Gasteiger partial charge on any atom is -0.472 e. The van der Waals surface area contributed by atoms with Crippen molar-refractivity contribution >= 4 is 16.4 Å². The molecule has 1 atom stereocenters. The second kappa shape index (κ2) is 11.4. The zero-order chi connectivity index (χ0) is 24.7. The minimum atomic E-state index is -4.75. The molecule has 0 radical (unpaired) electrons. The SMILES string of the molecule is CC(=CCCC(C)C=C1OC(=O)C(C)=C1OS(=O)(=O)O)CCCc1coc(Cc2ccoc2)c1. The van der Waals surface area contributed by atoms with Crippen molar-refractivity contribution in [3.63, 3.8) is 0 Å². The first-order valence-corrected chi connectivity index (χ1v) is 12.5. The van der Waals surface area contributed by atoms with E-state index < -0.39 is 16.4 Å². The predicted octanol–water partition coefficient (Wildman–Crippen LogP) is 5.68. The fourth-order valence-electron chi connectivity index (χ4n) is 3.67. The van der Waals surface area contributed by atoms with Gasteiger partial charge in [0.15, 0.2) is 11.5 Å². The Bertz CT molecular complexity index is 1180. The number of carbonyl (C=O) groups excluding carboxylic acids is 1. The Labute approximate surface area is 199 Å². The van der Waals surface area contributed by atoms with Gasteiger partial charge in [0.1, 0.15) is 5.76 Å². The summed E-state index contributed by atoms with van der Waals surface area (Å²) in [6, 6.07) is 4.02. The van der Waals surface area contributed by atoms with E-state index >= 15 is 0 Å². The topological polar surface area (TPSA) is 116 Å². The highest BCUT2D eigenvalue weighted by Gasteiger charge is 2.31. The van der Waals surface area contributed by atoms with Gasteiger partial charge in [-0.15, -0.1) is 0 Å². The van der Waals surface area contributed by atoms with Crippen molar-refractivity contribution in [3.8, 4) is 0 Å². The van der Waals surface area contributed by atoms with Gasteiger partial charge in [-0.2, -0.15) is 8.42 Å². The van der Waals surface area contributed by atoms with Crippen molar-refractivity contribution in [1.29, 1.82) is 0 Å². The van der Waals surface area contributed by atoms with Crippen LogP contribution in [0.3, 0.4) is 0 Å². The highest BCUT2D eigenvalue weighted by Crippen LogP contribution is 2.30. The molecule has 0 amide bonds. The molecule has 2 aromatic rings. The Hall–Kier alpha value is -3.04. The Morgan fingerprint density at radius 2 is 2.06 bits per heavy atom. The summed E-state index contributed by atoms with van der Waals surface area (Å²) in [6.07, 6.45) is 14.3. The molecule has 0 aromatic carbocycles. The van der Waals surface area contributed by atoms with Crippen LogP contribution < -0.4 is 0 Å². The maximum atomic E-state index is 11.7. The van der Waals surface area contributed by atoms with Crippen molar-refractivity contribution in [2.75, 3.05) is 0 Å². The number of furan rings is 2. The largest absolute Gasteiger partial charge is 0.472 e. The van der Waals surface area contributed by atoms with Gasteiger partial charge in [0.2, 0.25) is 0 Å². The molecule has 0 saturated carbocycles. The molecule has 3 heterocycles. The smallest absolute Gasteiger partial charge is 0.446 e. The summed E-state index contributed by atoms with van der Waals surface area (Å²) in [5.74, 6) is -0.0231. The summed E-state index contributed by atoms with van der Waals surface area (Å²) in [5, 5.41) is 0. The van der Waals surface area contributed by atoms with Gasteiger partial charge < -0.3 is 17.8 Å². The summed E-state index contributed by atoms with van der Waals surface area (Å²) >= 11 is 0. The van der Waals surface area contributed by atoms with Gasteiger partial charge in [0.25, 0.3) is 0 Å². The Balaban J connectivity index is 1.42. The van der Waals surface area contributed by atoms with Crippen molar-refractivity contribution in [3.05, 3.63) is 82.6 Å². The first-order chi connectivity index (χ1) is 16.1. The predicted molar refractivity (Wildman–Crippen MR) is 125 cm³/mol. The molecule has 0 fully saturated rings. The highest BCUT2D eigenvalue weighted by molar-refractivity contribution is 7.81. The van der Waals surface area contributed by atoms with Gasteiger partial charge in [-0.1, -0.05) is 18.6 Å². The minimum absolute atomic E-state index is 0.00182. The average Bonchev–Trinajstić information content (AvgIpc) is 3.47. The second-order valence-corrected chi connectivity index (χ2v) is 9.60. The van der Waals surface area contributed by atoms with E-state index in [1.165, 1.54) is 18.1 Å². The highest BCUT2D eigenvalue weighted by atomic mass is 32.3. The van der Waals surface area contributed by atoms with Crippen LogP contribution in [0.25, 0.3) is 0 Å². The molecule has 2 aromatic heterocycles. The van der Waals surface area contributed by atoms with Crippen LogP contribution in [-0.2, 0) is 37.0 Å². The zero-order valence-electron chi connectivity index (χ0n) is 19.6. The van der Waals surface area contributed by atoms with Crippen LogP contribution in [0, 0.1) is 5.92 Å². The lowest BCUT2D eigenvalue weighted by atomic mass is 10.0. The van der Waals surface area contributed by atoms with E-state index in [-0.39, 0.29) is 23.0 Å². The fraction of sp³-hybridized carbons (Fsp3) is 0.400. The quantitative estimate of drug-likeness (QED) is 0.229. The Morgan fingerprint density at radius 1 is 1.26 bits per heavy atom. The number of esters is 1. The van der Waals surface area contributed by atoms with E-state index in [0.29, 0.717) is 0 Å². The summed E-state index contributed by atoms with van der Waals surface area (Å²) in [6.45, 7) is 5.42. The standard InChI is InChI=1S/C25H30O8S/c1-17(7-5-9-20-13-22(31-16-20)14-21-10-11-30-15-21)6-4-8-18(2)12-23-24(33-34(27,28)29)19(3)25(26)32-23/h6,10-13,15-16,18H,4-5,7-9,14H2,1-3H3,(H,27,28,29). The molecule has 9 heteroatoms. The molecule has 8 nitrogen and oxygen atoms in total. The van der Waals surface area contributed by atoms with E-state index in [9.17, 15) is 13.2 Å². The molecule has 0 spiro atoms. The van der Waals surface area contributed by atoms with Gasteiger partial charge >= 0.3 is 16.4 Å². The van der Waals surface area contributed by atoms with E-state index in [1.807, 2.05) is 19.3 Å². The Morgan fingerprint density at radius 3 is 2.76 bits per heavy atom. The number of ether oxygens (including phenoxy) is 1. The second-order valence-electron chi connectivity index (χ2n) is 8.57. The third kappa shape index (κ3) is 7.78. The number of allylic oxidation sites excluding steroid dienone is 3. The average molecular weight is 491 g/mol. The van der Waals surface area contributed by atoms with Gasteiger partial charge in [-0.3, -0.25) is 4.55 Å². The third-order valence-corrected chi connectivity index (χ3v) is 5.89. The molecule has 1 aliphatic heterocycles. The number of hydrogen-bond acceptors (Lipinski definition) is 7. The van der Waals surface area contributed by atoms with Crippen LogP contribution in [-0.4, -0.2) is 18.9 Å². The first-order valence-electron chi connectivity index (χ1n) is 11.2. The lowest BCUT2D eigenvalue weighted by Crippen LogP contribution is -2.05. The Kier molecular flexibility index (Phi) is 8.57. The van der Waals surface area contributed by atoms with Gasteiger partial charge in [-0.05, 0) is 81.2 Å². The number of rotatable bonds is 12.